The van der Waals surface area contributed by atoms with Gasteiger partial charge in [0.05, 0.1) is 0 Å². The van der Waals surface area contributed by atoms with Crippen LogP contribution in [0.5, 0.6) is 0 Å². The van der Waals surface area contributed by atoms with Crippen LogP contribution in [0, 0.1) is 0 Å². The largest absolute Gasteiger partial charge is 0.340 e. The predicted molar refractivity (Wildman–Crippen MR) is 72.1 cm³/mol. The molecule has 0 bridgehead atoms. The Kier molecular flexibility index (Phi) is 4.54. The van der Waals surface area contributed by atoms with E-state index in [9.17, 15) is 9.59 Å². The van der Waals surface area contributed by atoms with Gasteiger partial charge in [0, 0.05) is 6.54 Å². The molecule has 0 aliphatic carbocycles. The van der Waals surface area contributed by atoms with Gasteiger partial charge in [-0.3, -0.25) is 9.59 Å². The number of carbonyl (C=O) groups is 2. The summed E-state index contributed by atoms with van der Waals surface area (Å²) in [7, 11) is 0. The fourth-order valence-electron chi connectivity index (χ4n) is 2.15. The average Bonchev–Trinajstić information content (AvgIpc) is 2.31. The monoisotopic (exact) mass is 252 g/mol. The minimum atomic E-state index is -0.752. The van der Waals surface area contributed by atoms with Crippen molar-refractivity contribution >= 4 is 11.8 Å². The zero-order valence-corrected chi connectivity index (χ0v) is 12.0. The molecule has 1 N–H and O–H groups in total. The minimum absolute atomic E-state index is 0.0222. The van der Waals surface area contributed by atoms with E-state index in [1.807, 2.05) is 33.8 Å². The molecule has 1 aliphatic heterocycles. The summed E-state index contributed by atoms with van der Waals surface area (Å²) < 4.78 is 0. The third-order valence-electron chi connectivity index (χ3n) is 3.60. The summed E-state index contributed by atoms with van der Waals surface area (Å²) in [6.45, 7) is 10.2. The van der Waals surface area contributed by atoms with Crippen LogP contribution >= 0.6 is 0 Å². The Bertz CT molecular complexity index is 372. The SMILES string of the molecule is CCC1C(=O)NC(C)(CC)C(=O)N1CC=C(C)C. The molecule has 1 fully saturated rings. The first-order valence-electron chi connectivity index (χ1n) is 6.62. The number of hydrogen-bond donors (Lipinski definition) is 1. The summed E-state index contributed by atoms with van der Waals surface area (Å²) >= 11 is 0. The van der Waals surface area contributed by atoms with Crippen molar-refractivity contribution in [3.63, 3.8) is 0 Å². The van der Waals surface area contributed by atoms with E-state index in [0.717, 1.165) is 5.57 Å². The molecular formula is C14H24N2O2. The molecule has 4 nitrogen and oxygen atoms in total. The van der Waals surface area contributed by atoms with Crippen LogP contribution in [-0.4, -0.2) is 34.8 Å². The van der Waals surface area contributed by atoms with Crippen molar-refractivity contribution in [1.29, 1.82) is 0 Å². The Hall–Kier alpha value is -1.32. The van der Waals surface area contributed by atoms with Crippen LogP contribution in [0.25, 0.3) is 0 Å². The van der Waals surface area contributed by atoms with Crippen molar-refractivity contribution in [1.82, 2.24) is 10.2 Å². The molecule has 2 amide bonds. The molecule has 0 saturated carbocycles. The van der Waals surface area contributed by atoms with E-state index in [0.29, 0.717) is 19.4 Å². The van der Waals surface area contributed by atoms with Crippen LogP contribution in [0.3, 0.4) is 0 Å². The maximum absolute atomic E-state index is 12.5. The quantitative estimate of drug-likeness (QED) is 0.776. The highest BCUT2D eigenvalue weighted by molar-refractivity contribution is 5.99. The van der Waals surface area contributed by atoms with Gasteiger partial charge in [0.25, 0.3) is 0 Å². The maximum atomic E-state index is 12.5. The Morgan fingerprint density at radius 1 is 1.39 bits per heavy atom. The molecule has 1 aliphatic rings. The number of hydrogen-bond acceptors (Lipinski definition) is 2. The van der Waals surface area contributed by atoms with Crippen molar-refractivity contribution in [3.05, 3.63) is 11.6 Å². The first-order chi connectivity index (χ1) is 8.35. The number of piperazine rings is 1. The second-order valence-electron chi connectivity index (χ2n) is 5.34. The molecule has 0 aromatic carbocycles. The molecule has 2 atom stereocenters. The second-order valence-corrected chi connectivity index (χ2v) is 5.34. The van der Waals surface area contributed by atoms with E-state index in [1.54, 1.807) is 11.8 Å². The summed E-state index contributed by atoms with van der Waals surface area (Å²) in [4.78, 5) is 26.3. The number of nitrogens with one attached hydrogen (secondary N) is 1. The van der Waals surface area contributed by atoms with E-state index in [2.05, 4.69) is 5.32 Å². The molecule has 0 aromatic rings. The van der Waals surface area contributed by atoms with Crippen LogP contribution in [0.4, 0.5) is 0 Å². The highest BCUT2D eigenvalue weighted by atomic mass is 16.2. The summed E-state index contributed by atoms with van der Waals surface area (Å²) in [5.74, 6) is -0.0162. The fraction of sp³-hybridized carbons (Fsp3) is 0.714. The molecular weight excluding hydrogens is 228 g/mol. The smallest absolute Gasteiger partial charge is 0.248 e. The first-order valence-corrected chi connectivity index (χ1v) is 6.62. The third-order valence-corrected chi connectivity index (χ3v) is 3.60. The van der Waals surface area contributed by atoms with Gasteiger partial charge in [0.1, 0.15) is 11.6 Å². The predicted octanol–water partition coefficient (Wildman–Crippen LogP) is 1.86. The van der Waals surface area contributed by atoms with Crippen molar-refractivity contribution < 1.29 is 9.59 Å². The van der Waals surface area contributed by atoms with Gasteiger partial charge < -0.3 is 10.2 Å². The number of amides is 2. The Morgan fingerprint density at radius 2 is 2.00 bits per heavy atom. The summed E-state index contributed by atoms with van der Waals surface area (Å²) in [6.07, 6.45) is 3.25. The summed E-state index contributed by atoms with van der Waals surface area (Å²) in [6, 6.07) is -0.340. The van der Waals surface area contributed by atoms with E-state index in [-0.39, 0.29) is 17.9 Å². The molecule has 102 valence electrons. The van der Waals surface area contributed by atoms with Crippen molar-refractivity contribution in [2.75, 3.05) is 6.54 Å². The zero-order valence-electron chi connectivity index (χ0n) is 12.0. The van der Waals surface area contributed by atoms with Crippen molar-refractivity contribution in [2.45, 2.75) is 59.0 Å². The lowest BCUT2D eigenvalue weighted by molar-refractivity contribution is -0.153. The summed E-state index contributed by atoms with van der Waals surface area (Å²) in [5, 5.41) is 2.86. The van der Waals surface area contributed by atoms with Gasteiger partial charge in [0.15, 0.2) is 0 Å². The van der Waals surface area contributed by atoms with Crippen LogP contribution < -0.4 is 5.32 Å². The molecule has 18 heavy (non-hydrogen) atoms. The Balaban J connectivity index is 3.02. The fourth-order valence-corrected chi connectivity index (χ4v) is 2.15. The first kappa shape index (κ1) is 14.7. The molecule has 0 radical (unpaired) electrons. The number of allylic oxidation sites excluding steroid dienone is 1. The lowest BCUT2D eigenvalue weighted by atomic mass is 9.91. The molecule has 0 aromatic heterocycles. The molecule has 2 unspecified atom stereocenters. The number of nitrogens with zero attached hydrogens (tertiary/aromatic N) is 1. The number of carbonyl (C=O) groups excluding carboxylic acids is 2. The summed E-state index contributed by atoms with van der Waals surface area (Å²) in [5.41, 5.74) is 0.403. The van der Waals surface area contributed by atoms with Crippen LogP contribution in [0.1, 0.15) is 47.5 Å². The van der Waals surface area contributed by atoms with Gasteiger partial charge in [-0.25, -0.2) is 0 Å². The average molecular weight is 252 g/mol. The minimum Gasteiger partial charge on any atom is -0.340 e. The van der Waals surface area contributed by atoms with E-state index >= 15 is 0 Å². The molecule has 0 spiro atoms. The topological polar surface area (TPSA) is 49.4 Å². The van der Waals surface area contributed by atoms with Gasteiger partial charge in [-0.15, -0.1) is 0 Å². The van der Waals surface area contributed by atoms with E-state index < -0.39 is 5.54 Å². The standard InChI is InChI=1S/C14H24N2O2/c1-6-11-12(17)15-14(5,7-2)13(18)16(11)9-8-10(3)4/h8,11H,6-7,9H2,1-5H3,(H,15,17). The molecule has 1 heterocycles. The number of rotatable bonds is 4. The van der Waals surface area contributed by atoms with Crippen LogP contribution in [-0.2, 0) is 9.59 Å². The van der Waals surface area contributed by atoms with Crippen LogP contribution in [0.2, 0.25) is 0 Å². The van der Waals surface area contributed by atoms with E-state index in [1.165, 1.54) is 0 Å². The van der Waals surface area contributed by atoms with Gasteiger partial charge in [-0.1, -0.05) is 25.5 Å². The normalized spacial score (nSPS) is 28.1. The van der Waals surface area contributed by atoms with Gasteiger partial charge in [-0.05, 0) is 33.6 Å². The molecule has 4 heteroatoms. The lowest BCUT2D eigenvalue weighted by Crippen LogP contribution is -2.68. The van der Waals surface area contributed by atoms with Crippen molar-refractivity contribution in [3.8, 4) is 0 Å². The zero-order chi connectivity index (χ0) is 13.9. The third kappa shape index (κ3) is 2.74. The van der Waals surface area contributed by atoms with Crippen LogP contribution in [0.15, 0.2) is 11.6 Å². The Labute approximate surface area is 109 Å². The maximum Gasteiger partial charge on any atom is 0.248 e. The van der Waals surface area contributed by atoms with Gasteiger partial charge in [-0.2, -0.15) is 0 Å². The highest BCUT2D eigenvalue weighted by Gasteiger charge is 2.45. The van der Waals surface area contributed by atoms with Crippen molar-refractivity contribution in [2.24, 2.45) is 0 Å². The highest BCUT2D eigenvalue weighted by Crippen LogP contribution is 2.22. The Morgan fingerprint density at radius 3 is 2.44 bits per heavy atom. The second kappa shape index (κ2) is 5.55. The van der Waals surface area contributed by atoms with E-state index in [4.69, 9.17) is 0 Å². The van der Waals surface area contributed by atoms with Gasteiger partial charge in [0.2, 0.25) is 11.8 Å². The molecule has 1 rings (SSSR count). The molecule has 1 saturated heterocycles. The van der Waals surface area contributed by atoms with Gasteiger partial charge >= 0.3 is 0 Å². The lowest BCUT2D eigenvalue weighted by Gasteiger charge is -2.43.